The van der Waals surface area contributed by atoms with E-state index in [-0.39, 0.29) is 19.2 Å². The lowest BCUT2D eigenvalue weighted by Crippen LogP contribution is -2.12. The van der Waals surface area contributed by atoms with Gasteiger partial charge in [0.15, 0.2) is 0 Å². The minimum absolute atomic E-state index is 0.0573. The molecule has 24 heavy (non-hydrogen) atoms. The molecule has 0 heterocycles. The highest BCUT2D eigenvalue weighted by molar-refractivity contribution is 5.69. The van der Waals surface area contributed by atoms with Crippen molar-refractivity contribution in [2.24, 2.45) is 0 Å². The summed E-state index contributed by atoms with van der Waals surface area (Å²) in [5.41, 5.74) is 0. The monoisotopic (exact) mass is 345 g/mol. The van der Waals surface area contributed by atoms with Gasteiger partial charge in [-0.15, -0.1) is 10.1 Å². The minimum Gasteiger partial charge on any atom is -0.464 e. The Morgan fingerprint density at radius 2 is 1.25 bits per heavy atom. The van der Waals surface area contributed by atoms with Crippen LogP contribution in [-0.2, 0) is 14.4 Å². The fraction of sp³-hybridized carbons (Fsp3) is 0.944. The second-order valence-electron chi connectivity index (χ2n) is 6.27. The van der Waals surface area contributed by atoms with E-state index in [2.05, 4.69) is 11.8 Å². The smallest absolute Gasteiger partial charge is 0.305 e. The third-order valence-corrected chi connectivity index (χ3v) is 4.03. The lowest BCUT2D eigenvalue weighted by atomic mass is 10.0. The lowest BCUT2D eigenvalue weighted by molar-refractivity contribution is -0.757. The van der Waals surface area contributed by atoms with Crippen LogP contribution in [0.2, 0.25) is 0 Å². The minimum atomic E-state index is -0.889. The maximum Gasteiger partial charge on any atom is 0.305 e. The van der Waals surface area contributed by atoms with E-state index in [0.29, 0.717) is 6.42 Å². The zero-order chi connectivity index (χ0) is 17.9. The molecule has 0 aliphatic rings. The number of hydrogen-bond acceptors (Lipinski definition) is 5. The second kappa shape index (κ2) is 18.0. The first-order chi connectivity index (χ1) is 11.7. The molecule has 0 aromatic carbocycles. The summed E-state index contributed by atoms with van der Waals surface area (Å²) in [5, 5.41) is 9.01. The molecule has 0 radical (unpaired) electrons. The number of carbonyl (C=O) groups excluding carboxylic acids is 1. The molecule has 6 nitrogen and oxygen atoms in total. The Kier molecular flexibility index (Phi) is 17.0. The van der Waals surface area contributed by atoms with Gasteiger partial charge in [0.2, 0.25) is 0 Å². The molecule has 0 aliphatic carbocycles. The molecule has 0 N–H and O–H groups in total. The molecule has 0 rings (SSSR count). The van der Waals surface area contributed by atoms with Crippen LogP contribution in [0.1, 0.15) is 96.8 Å². The van der Waals surface area contributed by atoms with Crippen LogP contribution in [0.4, 0.5) is 0 Å². The first-order valence-corrected chi connectivity index (χ1v) is 9.59. The van der Waals surface area contributed by atoms with Crippen molar-refractivity contribution in [2.45, 2.75) is 96.8 Å². The van der Waals surface area contributed by atoms with Crippen LogP contribution in [0.25, 0.3) is 0 Å². The van der Waals surface area contributed by atoms with E-state index in [1.54, 1.807) is 0 Å². The number of esters is 1. The summed E-state index contributed by atoms with van der Waals surface area (Å²) >= 11 is 0. The van der Waals surface area contributed by atoms with Crippen LogP contribution in [-0.4, -0.2) is 24.3 Å². The Bertz CT molecular complexity index is 310. The van der Waals surface area contributed by atoms with Gasteiger partial charge >= 0.3 is 5.97 Å². The van der Waals surface area contributed by atoms with Crippen molar-refractivity contribution in [3.63, 3.8) is 0 Å². The largest absolute Gasteiger partial charge is 0.464 e. The summed E-state index contributed by atoms with van der Waals surface area (Å²) in [6.45, 7) is 1.99. The first-order valence-electron chi connectivity index (χ1n) is 9.59. The molecular formula is C18H35NO5. The van der Waals surface area contributed by atoms with Gasteiger partial charge in [-0.05, 0) is 6.42 Å². The second-order valence-corrected chi connectivity index (χ2v) is 6.27. The van der Waals surface area contributed by atoms with Crippen LogP contribution in [0.3, 0.4) is 0 Å². The maximum absolute atomic E-state index is 11.3. The van der Waals surface area contributed by atoms with Crippen LogP contribution >= 0.6 is 0 Å². The van der Waals surface area contributed by atoms with Gasteiger partial charge in [0.1, 0.15) is 13.2 Å². The summed E-state index contributed by atoms with van der Waals surface area (Å²) in [7, 11) is 0. The van der Waals surface area contributed by atoms with E-state index in [0.717, 1.165) is 19.3 Å². The predicted octanol–water partition coefficient (Wildman–Crippen LogP) is 5.22. The standard InChI is InChI=1S/C18H35NO5/c1-2-3-4-5-6-7-8-9-10-11-12-13-14-15-18(20)23-16-17-24-19(21)22/h2-17H2,1H3. The average Bonchev–Trinajstić information content (AvgIpc) is 2.55. The van der Waals surface area contributed by atoms with Crippen LogP contribution < -0.4 is 0 Å². The van der Waals surface area contributed by atoms with Crippen molar-refractivity contribution in [2.75, 3.05) is 13.2 Å². The molecule has 0 unspecified atom stereocenters. The third-order valence-electron chi connectivity index (χ3n) is 4.03. The SMILES string of the molecule is CCCCCCCCCCCCCCCC(=O)OCCO[N+](=O)[O-]. The first kappa shape index (κ1) is 22.7. The fourth-order valence-corrected chi connectivity index (χ4v) is 2.63. The molecule has 0 aromatic rings. The maximum atomic E-state index is 11.3. The molecule has 0 spiro atoms. The summed E-state index contributed by atoms with van der Waals surface area (Å²) < 4.78 is 4.83. The summed E-state index contributed by atoms with van der Waals surface area (Å²) in [6, 6.07) is 0. The number of carbonyl (C=O) groups is 1. The van der Waals surface area contributed by atoms with Gasteiger partial charge in [-0.2, -0.15) is 0 Å². The van der Waals surface area contributed by atoms with Gasteiger partial charge in [0.25, 0.3) is 5.09 Å². The van der Waals surface area contributed by atoms with Gasteiger partial charge in [-0.25, -0.2) is 0 Å². The normalized spacial score (nSPS) is 10.5. The number of nitrogens with zero attached hydrogens (tertiary/aromatic N) is 1. The highest BCUT2D eigenvalue weighted by Gasteiger charge is 2.03. The van der Waals surface area contributed by atoms with E-state index < -0.39 is 5.09 Å². The quantitative estimate of drug-likeness (QED) is 0.147. The van der Waals surface area contributed by atoms with Crippen molar-refractivity contribution in [1.29, 1.82) is 0 Å². The van der Waals surface area contributed by atoms with Crippen LogP contribution in [0.5, 0.6) is 0 Å². The van der Waals surface area contributed by atoms with Crippen molar-refractivity contribution in [3.05, 3.63) is 10.1 Å². The van der Waals surface area contributed by atoms with Crippen molar-refractivity contribution < 1.29 is 19.5 Å². The molecule has 0 bridgehead atoms. The highest BCUT2D eigenvalue weighted by atomic mass is 17.0. The molecule has 0 saturated heterocycles. The van der Waals surface area contributed by atoms with Gasteiger partial charge < -0.3 is 9.57 Å². The number of rotatable bonds is 18. The molecule has 0 saturated carbocycles. The molecule has 142 valence electrons. The number of unbranched alkanes of at least 4 members (excludes halogenated alkanes) is 12. The molecule has 0 amide bonds. The van der Waals surface area contributed by atoms with Crippen LogP contribution in [0, 0.1) is 10.1 Å². The van der Waals surface area contributed by atoms with E-state index in [4.69, 9.17) is 4.74 Å². The molecule has 0 aliphatic heterocycles. The van der Waals surface area contributed by atoms with Gasteiger partial charge in [0.05, 0.1) is 0 Å². The van der Waals surface area contributed by atoms with Crippen LogP contribution in [0.15, 0.2) is 0 Å². The highest BCUT2D eigenvalue weighted by Crippen LogP contribution is 2.13. The molecule has 0 fully saturated rings. The Labute approximate surface area is 146 Å². The van der Waals surface area contributed by atoms with Crippen molar-refractivity contribution in [1.82, 2.24) is 0 Å². The topological polar surface area (TPSA) is 78.7 Å². The Morgan fingerprint density at radius 1 is 0.792 bits per heavy atom. The Balaban J connectivity index is 3.14. The van der Waals surface area contributed by atoms with Gasteiger partial charge in [-0.1, -0.05) is 84.0 Å². The summed E-state index contributed by atoms with van der Waals surface area (Å²) in [6.07, 6.45) is 16.8. The number of hydrogen-bond donors (Lipinski definition) is 0. The number of ether oxygens (including phenoxy) is 1. The Hall–Kier alpha value is -1.33. The van der Waals surface area contributed by atoms with Gasteiger partial charge in [0, 0.05) is 6.42 Å². The van der Waals surface area contributed by atoms with Crippen molar-refractivity contribution in [3.8, 4) is 0 Å². The zero-order valence-corrected chi connectivity index (χ0v) is 15.3. The molecule has 6 heteroatoms. The third kappa shape index (κ3) is 18.7. The molecule has 0 aromatic heterocycles. The predicted molar refractivity (Wildman–Crippen MR) is 94.2 cm³/mol. The Morgan fingerprint density at radius 3 is 1.71 bits per heavy atom. The van der Waals surface area contributed by atoms with E-state index in [1.165, 1.54) is 64.2 Å². The van der Waals surface area contributed by atoms with E-state index in [9.17, 15) is 14.9 Å². The zero-order valence-electron chi connectivity index (χ0n) is 15.3. The lowest BCUT2D eigenvalue weighted by Gasteiger charge is -2.04. The van der Waals surface area contributed by atoms with E-state index >= 15 is 0 Å². The molecular weight excluding hydrogens is 310 g/mol. The fourth-order valence-electron chi connectivity index (χ4n) is 2.63. The summed E-state index contributed by atoms with van der Waals surface area (Å²) in [5.74, 6) is -0.301. The summed E-state index contributed by atoms with van der Waals surface area (Å²) in [4.78, 5) is 25.3. The molecule has 0 atom stereocenters. The van der Waals surface area contributed by atoms with Gasteiger partial charge in [-0.3, -0.25) is 4.79 Å². The van der Waals surface area contributed by atoms with E-state index in [1.807, 2.05) is 0 Å². The average molecular weight is 345 g/mol. The van der Waals surface area contributed by atoms with Crippen molar-refractivity contribution >= 4 is 5.97 Å².